The molecule has 2 fully saturated rings. The minimum Gasteiger partial charge on any atom is -0.299 e. The Morgan fingerprint density at radius 3 is 2.72 bits per heavy atom. The van der Waals surface area contributed by atoms with Crippen molar-refractivity contribution in [2.45, 2.75) is 18.2 Å². The van der Waals surface area contributed by atoms with Gasteiger partial charge >= 0.3 is 0 Å². The van der Waals surface area contributed by atoms with Crippen LogP contribution in [0.15, 0.2) is 36.4 Å². The van der Waals surface area contributed by atoms with Crippen molar-refractivity contribution < 1.29 is 4.79 Å². The summed E-state index contributed by atoms with van der Waals surface area (Å²) in [6, 6.07) is 10.5. The van der Waals surface area contributed by atoms with Crippen LogP contribution < -0.4 is 0 Å². The standard InChI is InChI=1S/C16H15ClO/c17-16-13-8-12-10(7-14(18)15(12)16)6-11(13)9-4-2-1-3-5-9/h1-6,10,12-13,15-16H,7-8H2. The van der Waals surface area contributed by atoms with E-state index < -0.39 is 0 Å². The Balaban J connectivity index is 1.81. The van der Waals surface area contributed by atoms with Gasteiger partial charge in [-0.05, 0) is 29.4 Å². The maximum atomic E-state index is 12.0. The van der Waals surface area contributed by atoms with Crippen LogP contribution in [0.3, 0.4) is 0 Å². The van der Waals surface area contributed by atoms with E-state index in [2.05, 4.69) is 30.3 Å². The molecule has 1 aromatic rings. The van der Waals surface area contributed by atoms with E-state index in [-0.39, 0.29) is 11.3 Å². The van der Waals surface area contributed by atoms with E-state index in [9.17, 15) is 4.79 Å². The number of halogens is 1. The third-order valence-corrected chi connectivity index (χ3v) is 5.55. The van der Waals surface area contributed by atoms with E-state index in [4.69, 9.17) is 11.6 Å². The Kier molecular flexibility index (Phi) is 2.23. The average molecular weight is 259 g/mol. The van der Waals surface area contributed by atoms with E-state index in [1.54, 1.807) is 0 Å². The number of ketones is 1. The number of carbonyl (C=O) groups excluding carboxylic acids is 1. The smallest absolute Gasteiger partial charge is 0.138 e. The van der Waals surface area contributed by atoms with E-state index in [0.29, 0.717) is 30.0 Å². The van der Waals surface area contributed by atoms with Gasteiger partial charge in [0.05, 0.1) is 5.38 Å². The highest BCUT2D eigenvalue weighted by atomic mass is 35.5. The van der Waals surface area contributed by atoms with Crippen LogP contribution in [0.2, 0.25) is 0 Å². The lowest BCUT2D eigenvalue weighted by Gasteiger charge is -2.26. The highest BCUT2D eigenvalue weighted by Gasteiger charge is 2.56. The first-order valence-corrected chi connectivity index (χ1v) is 7.13. The summed E-state index contributed by atoms with van der Waals surface area (Å²) in [5, 5.41) is 0.0152. The van der Waals surface area contributed by atoms with Crippen molar-refractivity contribution in [1.82, 2.24) is 0 Å². The molecule has 0 aliphatic heterocycles. The molecule has 5 unspecified atom stereocenters. The summed E-state index contributed by atoms with van der Waals surface area (Å²) in [5.74, 6) is 1.87. The highest BCUT2D eigenvalue weighted by molar-refractivity contribution is 6.23. The fraction of sp³-hybridized carbons (Fsp3) is 0.438. The van der Waals surface area contributed by atoms with Gasteiger partial charge in [-0.1, -0.05) is 36.4 Å². The van der Waals surface area contributed by atoms with Gasteiger partial charge in [0.2, 0.25) is 0 Å². The molecule has 0 aromatic heterocycles. The maximum absolute atomic E-state index is 12.0. The number of Topliss-reactive ketones (excluding diaryl/α,β-unsaturated/α-hetero) is 1. The van der Waals surface area contributed by atoms with Gasteiger partial charge in [0.1, 0.15) is 5.78 Å². The molecule has 92 valence electrons. The van der Waals surface area contributed by atoms with Gasteiger partial charge in [-0.2, -0.15) is 0 Å². The zero-order valence-electron chi connectivity index (χ0n) is 10.1. The van der Waals surface area contributed by atoms with Crippen molar-refractivity contribution in [2.24, 2.45) is 23.7 Å². The van der Waals surface area contributed by atoms with Crippen LogP contribution in [0.1, 0.15) is 18.4 Å². The summed E-state index contributed by atoms with van der Waals surface area (Å²) >= 11 is 6.58. The van der Waals surface area contributed by atoms with Crippen molar-refractivity contribution in [3.8, 4) is 0 Å². The molecule has 2 bridgehead atoms. The number of fused-ring (bicyclic) bond motifs is 1. The zero-order chi connectivity index (χ0) is 12.3. The van der Waals surface area contributed by atoms with Gasteiger partial charge in [-0.15, -0.1) is 11.6 Å². The first-order valence-electron chi connectivity index (χ1n) is 6.69. The molecule has 2 saturated carbocycles. The SMILES string of the molecule is O=C1CC2C=C(c3ccccc3)C3CC2C1C3Cl. The Bertz CT molecular complexity index is 533. The molecule has 0 heterocycles. The monoisotopic (exact) mass is 258 g/mol. The lowest BCUT2D eigenvalue weighted by atomic mass is 9.79. The number of hydrogen-bond donors (Lipinski definition) is 0. The molecule has 0 N–H and O–H groups in total. The first-order chi connectivity index (χ1) is 8.75. The van der Waals surface area contributed by atoms with Crippen LogP contribution in [0.5, 0.6) is 0 Å². The number of benzene rings is 1. The molecule has 18 heavy (non-hydrogen) atoms. The molecule has 5 atom stereocenters. The lowest BCUT2D eigenvalue weighted by molar-refractivity contribution is -0.120. The van der Waals surface area contributed by atoms with Crippen LogP contribution in [-0.4, -0.2) is 11.2 Å². The van der Waals surface area contributed by atoms with Gasteiger partial charge < -0.3 is 0 Å². The molecule has 3 aliphatic rings. The zero-order valence-corrected chi connectivity index (χ0v) is 10.8. The summed E-state index contributed by atoms with van der Waals surface area (Å²) in [6.45, 7) is 0. The maximum Gasteiger partial charge on any atom is 0.138 e. The topological polar surface area (TPSA) is 17.1 Å². The summed E-state index contributed by atoms with van der Waals surface area (Å²) in [7, 11) is 0. The third kappa shape index (κ3) is 1.31. The lowest BCUT2D eigenvalue weighted by Crippen LogP contribution is -2.22. The Labute approximate surface area is 112 Å². The van der Waals surface area contributed by atoms with Gasteiger partial charge in [-0.3, -0.25) is 4.79 Å². The predicted octanol–water partition coefficient (Wildman–Crippen LogP) is 3.53. The van der Waals surface area contributed by atoms with Gasteiger partial charge in [0.25, 0.3) is 0 Å². The number of alkyl halides is 1. The van der Waals surface area contributed by atoms with Crippen LogP contribution >= 0.6 is 11.6 Å². The van der Waals surface area contributed by atoms with Crippen molar-refractivity contribution in [3.05, 3.63) is 42.0 Å². The van der Waals surface area contributed by atoms with Gasteiger partial charge in [-0.25, -0.2) is 0 Å². The predicted molar refractivity (Wildman–Crippen MR) is 72.3 cm³/mol. The van der Waals surface area contributed by atoms with Crippen molar-refractivity contribution in [1.29, 1.82) is 0 Å². The average Bonchev–Trinajstić information content (AvgIpc) is 2.86. The number of allylic oxidation sites excluding steroid dienone is 2. The second-order valence-corrected chi connectivity index (χ2v) is 6.30. The normalized spacial score (nSPS) is 41.1. The minimum absolute atomic E-state index is 0.0152. The summed E-state index contributed by atoms with van der Waals surface area (Å²) in [4.78, 5) is 12.0. The molecule has 0 radical (unpaired) electrons. The van der Waals surface area contributed by atoms with Crippen molar-refractivity contribution in [3.63, 3.8) is 0 Å². The van der Waals surface area contributed by atoms with Crippen LogP contribution in [-0.2, 0) is 4.79 Å². The van der Waals surface area contributed by atoms with E-state index in [1.165, 1.54) is 11.1 Å². The second-order valence-electron chi connectivity index (χ2n) is 5.80. The van der Waals surface area contributed by atoms with E-state index in [1.807, 2.05) is 6.07 Å². The van der Waals surface area contributed by atoms with Gasteiger partial charge in [0, 0.05) is 18.3 Å². The molecular formula is C16H15ClO. The molecule has 3 aliphatic carbocycles. The quantitative estimate of drug-likeness (QED) is 0.705. The Morgan fingerprint density at radius 1 is 1.17 bits per heavy atom. The number of rotatable bonds is 1. The van der Waals surface area contributed by atoms with E-state index >= 15 is 0 Å². The van der Waals surface area contributed by atoms with Crippen molar-refractivity contribution in [2.75, 3.05) is 0 Å². The molecule has 1 nitrogen and oxygen atoms in total. The van der Waals surface area contributed by atoms with Crippen LogP contribution in [0.25, 0.3) is 5.57 Å². The summed E-state index contributed by atoms with van der Waals surface area (Å²) in [5.41, 5.74) is 2.67. The van der Waals surface area contributed by atoms with Crippen LogP contribution in [0, 0.1) is 23.7 Å². The molecular weight excluding hydrogens is 244 g/mol. The van der Waals surface area contributed by atoms with Crippen molar-refractivity contribution >= 4 is 23.0 Å². The van der Waals surface area contributed by atoms with Gasteiger partial charge in [0.15, 0.2) is 0 Å². The molecule has 2 heteroatoms. The number of hydrogen-bond acceptors (Lipinski definition) is 1. The van der Waals surface area contributed by atoms with Crippen LogP contribution in [0.4, 0.5) is 0 Å². The Morgan fingerprint density at radius 2 is 1.94 bits per heavy atom. The number of carbonyl (C=O) groups is 1. The molecule has 0 amide bonds. The fourth-order valence-electron chi connectivity index (χ4n) is 4.21. The van der Waals surface area contributed by atoms with E-state index in [0.717, 1.165) is 6.42 Å². The molecule has 1 aromatic carbocycles. The third-order valence-electron chi connectivity index (χ3n) is 4.97. The fourth-order valence-corrected chi connectivity index (χ4v) is 4.78. The molecule has 0 spiro atoms. The highest BCUT2D eigenvalue weighted by Crippen LogP contribution is 2.58. The summed E-state index contributed by atoms with van der Waals surface area (Å²) < 4.78 is 0. The first kappa shape index (κ1) is 10.8. The molecule has 4 rings (SSSR count). The molecule has 0 saturated heterocycles. The summed E-state index contributed by atoms with van der Waals surface area (Å²) in [6.07, 6.45) is 4.16. The second kappa shape index (κ2) is 3.71. The Hall–Kier alpha value is -1.08. The largest absolute Gasteiger partial charge is 0.299 e. The minimum atomic E-state index is 0.0152.